The molecule has 0 aliphatic carbocycles. The van der Waals surface area contributed by atoms with Gasteiger partial charge in [-0.1, -0.05) is 0 Å². The molecule has 2 aromatic rings. The van der Waals surface area contributed by atoms with Gasteiger partial charge in [0.2, 0.25) is 5.95 Å². The minimum Gasteiger partial charge on any atom is -0.467 e. The summed E-state index contributed by atoms with van der Waals surface area (Å²) in [5, 5.41) is 7.24. The predicted molar refractivity (Wildman–Crippen MR) is 68.8 cm³/mol. The third-order valence-corrected chi connectivity index (χ3v) is 2.35. The molecule has 8 nitrogen and oxygen atoms in total. The molecule has 0 bridgehead atoms. The van der Waals surface area contributed by atoms with E-state index < -0.39 is 0 Å². The molecule has 2 rings (SSSR count). The van der Waals surface area contributed by atoms with Gasteiger partial charge in [-0.05, 0) is 13.8 Å². The number of rotatable bonds is 5. The van der Waals surface area contributed by atoms with E-state index in [1.165, 1.54) is 14.2 Å². The van der Waals surface area contributed by atoms with E-state index in [1.807, 2.05) is 24.7 Å². The van der Waals surface area contributed by atoms with Crippen molar-refractivity contribution in [2.75, 3.05) is 19.5 Å². The molecule has 102 valence electrons. The van der Waals surface area contributed by atoms with Gasteiger partial charge in [0.25, 0.3) is 0 Å². The Morgan fingerprint density at radius 1 is 1.11 bits per heavy atom. The van der Waals surface area contributed by atoms with Gasteiger partial charge in [0, 0.05) is 12.2 Å². The maximum atomic E-state index is 4.98. The fourth-order valence-corrected chi connectivity index (χ4v) is 1.39. The van der Waals surface area contributed by atoms with Crippen LogP contribution in [0.3, 0.4) is 0 Å². The second-order valence-corrected chi connectivity index (χ2v) is 4.06. The number of hydrogen-bond acceptors (Lipinski definition) is 7. The molecule has 0 amide bonds. The van der Waals surface area contributed by atoms with Crippen LogP contribution in [-0.2, 0) is 0 Å². The number of nitrogens with zero attached hydrogens (tertiary/aromatic N) is 5. The Bertz CT molecular complexity index is 532. The maximum Gasteiger partial charge on any atom is 0.324 e. The van der Waals surface area contributed by atoms with Crippen LogP contribution in [0.4, 0.5) is 11.6 Å². The highest BCUT2D eigenvalue weighted by molar-refractivity contribution is 5.50. The Balaban J connectivity index is 2.21. The summed E-state index contributed by atoms with van der Waals surface area (Å²) in [7, 11) is 2.96. The number of aromatic nitrogens is 5. The van der Waals surface area contributed by atoms with Crippen LogP contribution in [0.5, 0.6) is 12.0 Å². The molecule has 2 heterocycles. The van der Waals surface area contributed by atoms with Gasteiger partial charge >= 0.3 is 12.0 Å². The standard InChI is InChI=1S/C11H16N6O2/c1-7(2)17-6-8(5-12-17)13-9-14-10(18-3)16-11(15-9)19-4/h5-7H,1-4H3,(H,13,14,15,16). The lowest BCUT2D eigenvalue weighted by molar-refractivity contribution is 0.341. The molecule has 0 saturated carbocycles. The third kappa shape index (κ3) is 3.09. The van der Waals surface area contributed by atoms with Gasteiger partial charge in [0.15, 0.2) is 0 Å². The molecule has 0 aliphatic heterocycles. The van der Waals surface area contributed by atoms with Gasteiger partial charge in [-0.15, -0.1) is 4.98 Å². The minimum atomic E-state index is 0.186. The molecule has 0 aromatic carbocycles. The van der Waals surface area contributed by atoms with E-state index in [1.54, 1.807) is 6.20 Å². The average Bonchev–Trinajstić information content (AvgIpc) is 2.87. The molecule has 0 radical (unpaired) electrons. The summed E-state index contributed by atoms with van der Waals surface area (Å²) < 4.78 is 11.8. The zero-order valence-corrected chi connectivity index (χ0v) is 11.3. The van der Waals surface area contributed by atoms with Gasteiger partial charge in [-0.2, -0.15) is 15.1 Å². The Morgan fingerprint density at radius 2 is 1.74 bits per heavy atom. The molecule has 19 heavy (non-hydrogen) atoms. The second-order valence-electron chi connectivity index (χ2n) is 4.06. The lowest BCUT2D eigenvalue weighted by atomic mass is 10.4. The van der Waals surface area contributed by atoms with Crippen LogP contribution in [0.2, 0.25) is 0 Å². The van der Waals surface area contributed by atoms with Gasteiger partial charge in [0.05, 0.1) is 26.1 Å². The van der Waals surface area contributed by atoms with Crippen LogP contribution in [0.15, 0.2) is 12.4 Å². The van der Waals surface area contributed by atoms with E-state index in [0.29, 0.717) is 5.95 Å². The second kappa shape index (κ2) is 5.51. The fourth-order valence-electron chi connectivity index (χ4n) is 1.39. The summed E-state index contributed by atoms with van der Waals surface area (Å²) in [5.74, 6) is 0.340. The molecule has 0 spiro atoms. The Kier molecular flexibility index (Phi) is 3.79. The predicted octanol–water partition coefficient (Wildman–Crippen LogP) is 1.41. The van der Waals surface area contributed by atoms with Crippen LogP contribution in [0, 0.1) is 0 Å². The fraction of sp³-hybridized carbons (Fsp3) is 0.455. The van der Waals surface area contributed by atoms with Gasteiger partial charge in [-0.25, -0.2) is 0 Å². The highest BCUT2D eigenvalue weighted by atomic mass is 16.5. The maximum absolute atomic E-state index is 4.98. The van der Waals surface area contributed by atoms with Gasteiger partial charge in [0.1, 0.15) is 0 Å². The first-order valence-corrected chi connectivity index (χ1v) is 5.77. The summed E-state index contributed by atoms with van der Waals surface area (Å²) in [6, 6.07) is 0.661. The van der Waals surface area contributed by atoms with E-state index in [0.717, 1.165) is 5.69 Å². The normalized spacial score (nSPS) is 10.6. The molecule has 1 N–H and O–H groups in total. The Morgan fingerprint density at radius 3 is 2.21 bits per heavy atom. The molecular formula is C11H16N6O2. The van der Waals surface area contributed by atoms with Crippen LogP contribution in [-0.4, -0.2) is 39.0 Å². The van der Waals surface area contributed by atoms with E-state index in [2.05, 4.69) is 25.4 Å². The number of methoxy groups -OCH3 is 2. The summed E-state index contributed by atoms with van der Waals surface area (Å²) in [6.45, 7) is 4.09. The molecule has 0 aliphatic rings. The summed E-state index contributed by atoms with van der Waals surface area (Å²) >= 11 is 0. The van der Waals surface area contributed by atoms with Crippen LogP contribution in [0.25, 0.3) is 0 Å². The zero-order valence-electron chi connectivity index (χ0n) is 11.3. The number of nitrogens with one attached hydrogen (secondary N) is 1. The van der Waals surface area contributed by atoms with Crippen molar-refractivity contribution >= 4 is 11.6 Å². The van der Waals surface area contributed by atoms with Crippen molar-refractivity contribution in [3.8, 4) is 12.0 Å². The Labute approximate surface area is 110 Å². The van der Waals surface area contributed by atoms with Gasteiger partial charge in [-0.3, -0.25) is 4.68 Å². The van der Waals surface area contributed by atoms with Crippen molar-refractivity contribution in [3.05, 3.63) is 12.4 Å². The van der Waals surface area contributed by atoms with Crippen molar-refractivity contribution in [1.82, 2.24) is 24.7 Å². The molecule has 0 saturated heterocycles. The highest BCUT2D eigenvalue weighted by Gasteiger charge is 2.08. The summed E-state index contributed by atoms with van der Waals surface area (Å²) in [6.07, 6.45) is 3.57. The van der Waals surface area contributed by atoms with E-state index in [4.69, 9.17) is 9.47 Å². The van der Waals surface area contributed by atoms with Crippen molar-refractivity contribution in [2.45, 2.75) is 19.9 Å². The molecule has 8 heteroatoms. The first kappa shape index (κ1) is 13.1. The largest absolute Gasteiger partial charge is 0.467 e. The topological polar surface area (TPSA) is 87.0 Å². The van der Waals surface area contributed by atoms with Crippen LogP contribution < -0.4 is 14.8 Å². The summed E-state index contributed by atoms with van der Waals surface area (Å²) in [5.41, 5.74) is 0.781. The van der Waals surface area contributed by atoms with Crippen molar-refractivity contribution in [1.29, 1.82) is 0 Å². The molecule has 0 atom stereocenters. The third-order valence-electron chi connectivity index (χ3n) is 2.35. The van der Waals surface area contributed by atoms with Gasteiger partial charge < -0.3 is 14.8 Å². The van der Waals surface area contributed by atoms with Crippen molar-refractivity contribution in [3.63, 3.8) is 0 Å². The quantitative estimate of drug-likeness (QED) is 0.873. The minimum absolute atomic E-state index is 0.186. The first-order valence-electron chi connectivity index (χ1n) is 5.77. The van der Waals surface area contributed by atoms with Crippen LogP contribution >= 0.6 is 0 Å². The monoisotopic (exact) mass is 264 g/mol. The van der Waals surface area contributed by atoms with Crippen LogP contribution in [0.1, 0.15) is 19.9 Å². The summed E-state index contributed by atoms with van der Waals surface area (Å²) in [4.78, 5) is 12.1. The molecular weight excluding hydrogens is 248 g/mol. The smallest absolute Gasteiger partial charge is 0.324 e. The van der Waals surface area contributed by atoms with Crippen molar-refractivity contribution in [2.24, 2.45) is 0 Å². The first-order chi connectivity index (χ1) is 9.12. The lowest BCUT2D eigenvalue weighted by Crippen LogP contribution is -2.03. The zero-order chi connectivity index (χ0) is 13.8. The molecule has 0 fully saturated rings. The SMILES string of the molecule is COc1nc(Nc2cnn(C(C)C)c2)nc(OC)n1. The number of hydrogen-bond donors (Lipinski definition) is 1. The average molecular weight is 264 g/mol. The molecule has 2 aromatic heterocycles. The number of anilines is 2. The number of ether oxygens (including phenoxy) is 2. The Hall–Kier alpha value is -2.38. The van der Waals surface area contributed by atoms with E-state index in [-0.39, 0.29) is 18.1 Å². The van der Waals surface area contributed by atoms with Crippen molar-refractivity contribution < 1.29 is 9.47 Å². The lowest BCUT2D eigenvalue weighted by Gasteiger charge is -2.06. The van der Waals surface area contributed by atoms with E-state index in [9.17, 15) is 0 Å². The molecule has 0 unspecified atom stereocenters. The van der Waals surface area contributed by atoms with E-state index >= 15 is 0 Å². The highest BCUT2D eigenvalue weighted by Crippen LogP contribution is 2.17.